The van der Waals surface area contributed by atoms with E-state index < -0.39 is 0 Å². The van der Waals surface area contributed by atoms with Crippen molar-refractivity contribution in [2.24, 2.45) is 5.92 Å². The Morgan fingerprint density at radius 1 is 1.44 bits per heavy atom. The molecule has 0 radical (unpaired) electrons. The van der Waals surface area contributed by atoms with Gasteiger partial charge in [0, 0.05) is 24.0 Å². The fourth-order valence-electron chi connectivity index (χ4n) is 2.75. The largest absolute Gasteiger partial charge is 0.310 e. The van der Waals surface area contributed by atoms with Gasteiger partial charge in [-0.15, -0.1) is 6.42 Å². The number of hydrogen-bond donors (Lipinski definition) is 1. The maximum absolute atomic E-state index is 5.40. The SMILES string of the molecule is C#Cc1cncc(C2=CCC3CCNC23)c1. The fraction of sp³-hybridized carbons (Fsp3) is 0.357. The number of nitrogens with one attached hydrogen (secondary N) is 1. The second kappa shape index (κ2) is 3.77. The molecule has 1 aromatic rings. The van der Waals surface area contributed by atoms with Crippen LogP contribution in [0.15, 0.2) is 24.5 Å². The summed E-state index contributed by atoms with van der Waals surface area (Å²) in [5, 5.41) is 3.56. The molecule has 0 spiro atoms. The molecule has 1 aliphatic heterocycles. The number of terminal acetylenes is 1. The van der Waals surface area contributed by atoms with E-state index in [2.05, 4.69) is 28.4 Å². The van der Waals surface area contributed by atoms with Gasteiger partial charge in [-0.3, -0.25) is 4.98 Å². The van der Waals surface area contributed by atoms with Crippen LogP contribution in [0, 0.1) is 18.3 Å². The summed E-state index contributed by atoms with van der Waals surface area (Å²) in [6.07, 6.45) is 13.9. The minimum Gasteiger partial charge on any atom is -0.310 e. The van der Waals surface area contributed by atoms with E-state index in [9.17, 15) is 0 Å². The first-order valence-electron chi connectivity index (χ1n) is 5.74. The molecule has 3 rings (SSSR count). The van der Waals surface area contributed by atoms with Crippen molar-refractivity contribution in [3.63, 3.8) is 0 Å². The van der Waals surface area contributed by atoms with Crippen LogP contribution >= 0.6 is 0 Å². The van der Waals surface area contributed by atoms with Crippen molar-refractivity contribution in [2.75, 3.05) is 6.54 Å². The number of hydrogen-bond acceptors (Lipinski definition) is 2. The zero-order valence-corrected chi connectivity index (χ0v) is 9.11. The van der Waals surface area contributed by atoms with Crippen LogP contribution < -0.4 is 5.32 Å². The highest BCUT2D eigenvalue weighted by Gasteiger charge is 2.33. The third kappa shape index (κ3) is 1.45. The van der Waals surface area contributed by atoms with Crippen LogP contribution in [-0.2, 0) is 0 Å². The molecule has 0 amide bonds. The Bertz CT molecular complexity index is 482. The standard InChI is InChI=1S/C14H14N2/c1-2-10-7-12(9-15-8-10)13-4-3-11-5-6-16-14(11)13/h1,4,7-9,11,14,16H,3,5-6H2. The van der Waals surface area contributed by atoms with Gasteiger partial charge in [0.2, 0.25) is 0 Å². The first-order chi connectivity index (χ1) is 7.88. The van der Waals surface area contributed by atoms with Gasteiger partial charge in [0.25, 0.3) is 0 Å². The average Bonchev–Trinajstić information content (AvgIpc) is 2.90. The summed E-state index contributed by atoms with van der Waals surface area (Å²) < 4.78 is 0. The molecule has 0 aromatic carbocycles. The van der Waals surface area contributed by atoms with Crippen LogP contribution in [0.4, 0.5) is 0 Å². The summed E-state index contributed by atoms with van der Waals surface area (Å²) in [6, 6.07) is 2.58. The Kier molecular flexibility index (Phi) is 2.27. The average molecular weight is 210 g/mol. The van der Waals surface area contributed by atoms with Gasteiger partial charge < -0.3 is 5.32 Å². The first-order valence-corrected chi connectivity index (χ1v) is 5.74. The van der Waals surface area contributed by atoms with Gasteiger partial charge in [-0.2, -0.15) is 0 Å². The van der Waals surface area contributed by atoms with Crippen LogP contribution in [-0.4, -0.2) is 17.6 Å². The van der Waals surface area contributed by atoms with Crippen molar-refractivity contribution >= 4 is 5.57 Å². The minimum absolute atomic E-state index is 0.523. The molecule has 1 saturated heterocycles. The predicted octanol–water partition coefficient (Wildman–Crippen LogP) is 1.83. The zero-order chi connectivity index (χ0) is 11.0. The lowest BCUT2D eigenvalue weighted by Gasteiger charge is -2.14. The topological polar surface area (TPSA) is 24.9 Å². The molecule has 2 heterocycles. The van der Waals surface area contributed by atoms with Gasteiger partial charge in [0.05, 0.1) is 0 Å². The summed E-state index contributed by atoms with van der Waals surface area (Å²) >= 11 is 0. The van der Waals surface area contributed by atoms with Crippen molar-refractivity contribution in [1.82, 2.24) is 10.3 Å². The third-order valence-electron chi connectivity index (χ3n) is 3.56. The summed E-state index contributed by atoms with van der Waals surface area (Å²) in [7, 11) is 0. The van der Waals surface area contributed by atoms with Crippen LogP contribution in [0.5, 0.6) is 0 Å². The Hall–Kier alpha value is -1.59. The summed E-state index contributed by atoms with van der Waals surface area (Å²) in [6.45, 7) is 1.13. The van der Waals surface area contributed by atoms with E-state index in [0.29, 0.717) is 6.04 Å². The molecule has 1 aromatic heterocycles. The van der Waals surface area contributed by atoms with Gasteiger partial charge in [-0.05, 0) is 42.5 Å². The van der Waals surface area contributed by atoms with Gasteiger partial charge in [0.15, 0.2) is 0 Å². The maximum Gasteiger partial charge on any atom is 0.0432 e. The fourth-order valence-corrected chi connectivity index (χ4v) is 2.75. The molecule has 2 aliphatic rings. The number of pyridine rings is 1. The van der Waals surface area contributed by atoms with Gasteiger partial charge in [0.1, 0.15) is 0 Å². The van der Waals surface area contributed by atoms with E-state index in [0.717, 1.165) is 18.0 Å². The van der Waals surface area contributed by atoms with Crippen LogP contribution in [0.3, 0.4) is 0 Å². The van der Waals surface area contributed by atoms with Gasteiger partial charge in [-0.1, -0.05) is 12.0 Å². The predicted molar refractivity (Wildman–Crippen MR) is 64.7 cm³/mol. The van der Waals surface area contributed by atoms with Gasteiger partial charge in [-0.25, -0.2) is 0 Å². The lowest BCUT2D eigenvalue weighted by atomic mass is 9.96. The molecule has 80 valence electrons. The van der Waals surface area contributed by atoms with E-state index >= 15 is 0 Å². The van der Waals surface area contributed by atoms with Crippen molar-refractivity contribution in [1.29, 1.82) is 0 Å². The Morgan fingerprint density at radius 3 is 3.25 bits per heavy atom. The second-order valence-corrected chi connectivity index (χ2v) is 4.48. The Balaban J connectivity index is 1.95. The number of fused-ring (bicyclic) bond motifs is 1. The smallest absolute Gasteiger partial charge is 0.0432 e. The number of nitrogens with zero attached hydrogens (tertiary/aromatic N) is 1. The van der Waals surface area contributed by atoms with Crippen molar-refractivity contribution < 1.29 is 0 Å². The molecular weight excluding hydrogens is 196 g/mol. The Morgan fingerprint density at radius 2 is 2.38 bits per heavy atom. The van der Waals surface area contributed by atoms with Crippen LogP contribution in [0.1, 0.15) is 24.0 Å². The van der Waals surface area contributed by atoms with E-state index in [1.165, 1.54) is 24.0 Å². The molecule has 0 bridgehead atoms. The van der Waals surface area contributed by atoms with E-state index in [1.54, 1.807) is 6.20 Å². The van der Waals surface area contributed by atoms with E-state index in [4.69, 9.17) is 6.42 Å². The monoisotopic (exact) mass is 210 g/mol. The molecule has 1 aliphatic carbocycles. The maximum atomic E-state index is 5.40. The molecule has 2 unspecified atom stereocenters. The molecule has 1 N–H and O–H groups in total. The lowest BCUT2D eigenvalue weighted by molar-refractivity contribution is 0.557. The number of rotatable bonds is 1. The highest BCUT2D eigenvalue weighted by Crippen LogP contribution is 2.37. The molecular formula is C14H14N2. The summed E-state index contributed by atoms with van der Waals surface area (Å²) in [4.78, 5) is 4.20. The highest BCUT2D eigenvalue weighted by molar-refractivity contribution is 5.72. The van der Waals surface area contributed by atoms with Crippen LogP contribution in [0.25, 0.3) is 5.57 Å². The molecule has 1 fully saturated rings. The third-order valence-corrected chi connectivity index (χ3v) is 3.56. The Labute approximate surface area is 95.8 Å². The van der Waals surface area contributed by atoms with Crippen molar-refractivity contribution in [3.8, 4) is 12.3 Å². The van der Waals surface area contributed by atoms with Gasteiger partial charge >= 0.3 is 0 Å². The summed E-state index contributed by atoms with van der Waals surface area (Å²) in [5.74, 6) is 3.42. The molecule has 2 atom stereocenters. The normalized spacial score (nSPS) is 27.3. The first kappa shape index (κ1) is 9.62. The summed E-state index contributed by atoms with van der Waals surface area (Å²) in [5.41, 5.74) is 3.42. The molecule has 2 nitrogen and oxygen atoms in total. The lowest BCUT2D eigenvalue weighted by Crippen LogP contribution is -2.24. The molecule has 16 heavy (non-hydrogen) atoms. The second-order valence-electron chi connectivity index (χ2n) is 4.48. The van der Waals surface area contributed by atoms with Crippen molar-refractivity contribution in [2.45, 2.75) is 18.9 Å². The van der Waals surface area contributed by atoms with Crippen LogP contribution in [0.2, 0.25) is 0 Å². The van der Waals surface area contributed by atoms with E-state index in [-0.39, 0.29) is 0 Å². The minimum atomic E-state index is 0.523. The number of aromatic nitrogens is 1. The highest BCUT2D eigenvalue weighted by atomic mass is 15.0. The van der Waals surface area contributed by atoms with E-state index in [1.807, 2.05) is 6.20 Å². The van der Waals surface area contributed by atoms with Crippen molar-refractivity contribution in [3.05, 3.63) is 35.7 Å². The number of allylic oxidation sites excluding steroid dienone is 1. The molecule has 2 heteroatoms. The zero-order valence-electron chi connectivity index (χ0n) is 9.11. The quantitative estimate of drug-likeness (QED) is 0.715. The molecule has 0 saturated carbocycles.